The number of halogens is 2. The Morgan fingerprint density at radius 2 is 2.27 bits per heavy atom. The topological polar surface area (TPSA) is 26.0 Å². The molecule has 4 heteroatoms. The van der Waals surface area contributed by atoms with Crippen LogP contribution in [0.15, 0.2) is 22.7 Å². The molecule has 1 aromatic carbocycles. The molecule has 1 aliphatic heterocycles. The summed E-state index contributed by atoms with van der Waals surface area (Å²) in [5, 5.41) is 0. The van der Waals surface area contributed by atoms with E-state index < -0.39 is 0 Å². The highest BCUT2D eigenvalue weighted by Crippen LogP contribution is 2.27. The van der Waals surface area contributed by atoms with Crippen LogP contribution in [0, 0.1) is 11.7 Å². The van der Waals surface area contributed by atoms with Crippen LogP contribution < -0.4 is 5.73 Å². The molecule has 0 amide bonds. The van der Waals surface area contributed by atoms with Crippen molar-refractivity contribution in [3.05, 3.63) is 34.1 Å². The summed E-state index contributed by atoms with van der Waals surface area (Å²) >= 11 is 5.11. The molecule has 1 fully saturated rings. The van der Waals surface area contributed by atoms with Gasteiger partial charge in [0.2, 0.25) is 0 Å². The van der Waals surface area contributed by atoms with Gasteiger partial charge in [0, 0.05) is 16.3 Å². The zero-order valence-electron chi connectivity index (χ0n) is 8.25. The molecule has 0 bridgehead atoms. The summed E-state index contributed by atoms with van der Waals surface area (Å²) < 4.78 is 14.3. The second-order valence-corrected chi connectivity index (χ2v) is 5.89. The van der Waals surface area contributed by atoms with Crippen LogP contribution in [0.2, 0.25) is 0 Å². The second-order valence-electron chi connectivity index (χ2n) is 3.90. The Labute approximate surface area is 102 Å². The quantitative estimate of drug-likeness (QED) is 0.906. The van der Waals surface area contributed by atoms with E-state index in [-0.39, 0.29) is 11.9 Å². The number of thioether (sulfide) groups is 1. The monoisotopic (exact) mass is 289 g/mol. The second kappa shape index (κ2) is 4.85. The Hall–Kier alpha value is -0.0600. The van der Waals surface area contributed by atoms with E-state index >= 15 is 0 Å². The zero-order valence-corrected chi connectivity index (χ0v) is 10.7. The molecule has 82 valence electrons. The molecular formula is C11H13BrFNS. The molecule has 0 saturated carbocycles. The number of nitrogens with two attached hydrogens (primary N) is 1. The summed E-state index contributed by atoms with van der Waals surface area (Å²) in [6.07, 6.45) is 0.757. The highest BCUT2D eigenvalue weighted by molar-refractivity contribution is 9.10. The molecule has 15 heavy (non-hydrogen) atoms. The van der Waals surface area contributed by atoms with Gasteiger partial charge in [-0.3, -0.25) is 0 Å². The van der Waals surface area contributed by atoms with Gasteiger partial charge in [-0.1, -0.05) is 22.0 Å². The maximum Gasteiger partial charge on any atom is 0.127 e. The van der Waals surface area contributed by atoms with Crippen molar-refractivity contribution in [2.75, 3.05) is 11.5 Å². The molecule has 2 atom stereocenters. The standard InChI is InChI=1S/C11H13BrFNS/c12-9-2-1-7(10(13)4-9)3-8-5-15-6-11(8)14/h1-2,4,8,11H,3,5-6,14H2. The van der Waals surface area contributed by atoms with Crippen molar-refractivity contribution in [1.29, 1.82) is 0 Å². The van der Waals surface area contributed by atoms with Gasteiger partial charge in [0.1, 0.15) is 5.82 Å². The Morgan fingerprint density at radius 1 is 1.47 bits per heavy atom. The first-order valence-electron chi connectivity index (χ1n) is 4.94. The van der Waals surface area contributed by atoms with Crippen molar-refractivity contribution in [1.82, 2.24) is 0 Å². The highest BCUT2D eigenvalue weighted by Gasteiger charge is 2.25. The van der Waals surface area contributed by atoms with Gasteiger partial charge in [0.25, 0.3) is 0 Å². The number of benzene rings is 1. The summed E-state index contributed by atoms with van der Waals surface area (Å²) in [7, 11) is 0. The minimum absolute atomic E-state index is 0.131. The summed E-state index contributed by atoms with van der Waals surface area (Å²) in [4.78, 5) is 0. The summed E-state index contributed by atoms with van der Waals surface area (Å²) in [6, 6.07) is 5.46. The van der Waals surface area contributed by atoms with Crippen LogP contribution in [0.4, 0.5) is 4.39 Å². The Morgan fingerprint density at radius 3 is 2.87 bits per heavy atom. The SMILES string of the molecule is NC1CSCC1Cc1ccc(Br)cc1F. The average molecular weight is 290 g/mol. The average Bonchev–Trinajstić information content (AvgIpc) is 2.57. The van der Waals surface area contributed by atoms with Crippen molar-refractivity contribution in [2.45, 2.75) is 12.5 Å². The van der Waals surface area contributed by atoms with Gasteiger partial charge in [-0.25, -0.2) is 4.39 Å². The Bertz CT molecular complexity index is 358. The number of hydrogen-bond donors (Lipinski definition) is 1. The number of hydrogen-bond acceptors (Lipinski definition) is 2. The molecule has 2 N–H and O–H groups in total. The first kappa shape index (κ1) is 11.4. The minimum Gasteiger partial charge on any atom is -0.327 e. The zero-order chi connectivity index (χ0) is 10.8. The molecule has 0 spiro atoms. The fourth-order valence-corrected chi connectivity index (χ4v) is 3.48. The molecule has 1 aromatic rings. The molecule has 2 unspecified atom stereocenters. The van der Waals surface area contributed by atoms with Crippen LogP contribution in [-0.2, 0) is 6.42 Å². The number of rotatable bonds is 2. The predicted octanol–water partition coefficient (Wildman–Crippen LogP) is 2.82. The molecule has 2 rings (SSSR count). The molecule has 1 saturated heterocycles. The van der Waals surface area contributed by atoms with Crippen molar-refractivity contribution >= 4 is 27.7 Å². The third-order valence-electron chi connectivity index (χ3n) is 2.74. The molecule has 1 aliphatic rings. The first-order valence-corrected chi connectivity index (χ1v) is 6.89. The van der Waals surface area contributed by atoms with E-state index in [0.717, 1.165) is 28.0 Å². The maximum atomic E-state index is 13.6. The van der Waals surface area contributed by atoms with E-state index in [9.17, 15) is 4.39 Å². The van der Waals surface area contributed by atoms with Crippen LogP contribution in [0.1, 0.15) is 5.56 Å². The van der Waals surface area contributed by atoms with E-state index in [4.69, 9.17) is 5.73 Å². The summed E-state index contributed by atoms with van der Waals surface area (Å²) in [5.74, 6) is 2.35. The van der Waals surface area contributed by atoms with E-state index in [1.807, 2.05) is 23.9 Å². The molecule has 0 aromatic heterocycles. The molecule has 0 radical (unpaired) electrons. The van der Waals surface area contributed by atoms with Gasteiger partial charge < -0.3 is 5.73 Å². The minimum atomic E-state index is -0.131. The lowest BCUT2D eigenvalue weighted by molar-refractivity contribution is 0.498. The smallest absolute Gasteiger partial charge is 0.127 e. The molecule has 0 aliphatic carbocycles. The van der Waals surface area contributed by atoms with Gasteiger partial charge >= 0.3 is 0 Å². The van der Waals surface area contributed by atoms with E-state index in [2.05, 4.69) is 15.9 Å². The highest BCUT2D eigenvalue weighted by atomic mass is 79.9. The fraction of sp³-hybridized carbons (Fsp3) is 0.455. The van der Waals surface area contributed by atoms with Gasteiger partial charge in [0.05, 0.1) is 0 Å². The fourth-order valence-electron chi connectivity index (χ4n) is 1.80. The molecule has 1 nitrogen and oxygen atoms in total. The molecular weight excluding hydrogens is 277 g/mol. The Kier molecular flexibility index (Phi) is 3.69. The lowest BCUT2D eigenvalue weighted by Crippen LogP contribution is -2.29. The van der Waals surface area contributed by atoms with Gasteiger partial charge in [0.15, 0.2) is 0 Å². The van der Waals surface area contributed by atoms with Crippen molar-refractivity contribution < 1.29 is 4.39 Å². The Balaban J connectivity index is 2.10. The maximum absolute atomic E-state index is 13.6. The molecule has 1 heterocycles. The van der Waals surface area contributed by atoms with E-state index in [1.165, 1.54) is 6.07 Å². The van der Waals surface area contributed by atoms with Gasteiger partial charge in [-0.2, -0.15) is 11.8 Å². The van der Waals surface area contributed by atoms with Gasteiger partial charge in [-0.15, -0.1) is 0 Å². The normalized spacial score (nSPS) is 25.8. The lowest BCUT2D eigenvalue weighted by Gasteiger charge is -2.14. The van der Waals surface area contributed by atoms with Crippen molar-refractivity contribution in [2.24, 2.45) is 11.7 Å². The third kappa shape index (κ3) is 2.74. The predicted molar refractivity (Wildman–Crippen MR) is 66.6 cm³/mol. The van der Waals surface area contributed by atoms with E-state index in [0.29, 0.717) is 5.92 Å². The third-order valence-corrected chi connectivity index (χ3v) is 4.52. The van der Waals surface area contributed by atoms with Gasteiger partial charge in [-0.05, 0) is 35.8 Å². The van der Waals surface area contributed by atoms with Crippen molar-refractivity contribution in [3.8, 4) is 0 Å². The van der Waals surface area contributed by atoms with Crippen LogP contribution >= 0.6 is 27.7 Å². The van der Waals surface area contributed by atoms with Crippen LogP contribution in [0.25, 0.3) is 0 Å². The van der Waals surface area contributed by atoms with Crippen LogP contribution in [0.3, 0.4) is 0 Å². The van der Waals surface area contributed by atoms with Crippen LogP contribution in [-0.4, -0.2) is 17.5 Å². The van der Waals surface area contributed by atoms with Crippen LogP contribution in [0.5, 0.6) is 0 Å². The van der Waals surface area contributed by atoms with Crippen molar-refractivity contribution in [3.63, 3.8) is 0 Å². The summed E-state index contributed by atoms with van der Waals surface area (Å²) in [6.45, 7) is 0. The lowest BCUT2D eigenvalue weighted by atomic mass is 9.95. The summed E-state index contributed by atoms with van der Waals surface area (Å²) in [5.41, 5.74) is 6.73. The largest absolute Gasteiger partial charge is 0.327 e. The first-order chi connectivity index (χ1) is 7.16. The van der Waals surface area contributed by atoms with E-state index in [1.54, 1.807) is 0 Å².